The Morgan fingerprint density at radius 2 is 1.89 bits per heavy atom. The monoisotopic (exact) mass is 342 g/mol. The fourth-order valence-corrected chi connectivity index (χ4v) is 2.95. The van der Waals surface area contributed by atoms with Gasteiger partial charge in [0.2, 0.25) is 0 Å². The average molecular weight is 343 g/mol. The maximum absolute atomic E-state index is 13.4. The Balaban J connectivity index is 2.08. The molecule has 1 nitrogen and oxygen atoms in total. The first kappa shape index (κ1) is 14.2. The van der Waals surface area contributed by atoms with Crippen LogP contribution in [0, 0.1) is 11.6 Å². The highest BCUT2D eigenvalue weighted by Gasteiger charge is 2.13. The molecule has 2 rings (SSSR count). The van der Waals surface area contributed by atoms with Crippen molar-refractivity contribution in [3.8, 4) is 0 Å². The molecule has 0 aliphatic heterocycles. The van der Waals surface area contributed by atoms with Gasteiger partial charge in [-0.1, -0.05) is 12.1 Å². The lowest BCUT2D eigenvalue weighted by Gasteiger charge is -2.04. The first-order chi connectivity index (χ1) is 9.08. The second kappa shape index (κ2) is 6.30. The highest BCUT2D eigenvalue weighted by atomic mass is 79.9. The molecule has 0 heterocycles. The fourth-order valence-electron chi connectivity index (χ4n) is 1.50. The minimum atomic E-state index is -0.822. The van der Waals surface area contributed by atoms with Crippen LogP contribution in [-0.4, -0.2) is 11.5 Å². The molecule has 0 aliphatic rings. The van der Waals surface area contributed by atoms with E-state index in [1.54, 1.807) is 0 Å². The fraction of sp³-hybridized carbons (Fsp3) is 0.0714. The van der Waals surface area contributed by atoms with Crippen molar-refractivity contribution in [3.05, 3.63) is 64.1 Å². The topological polar surface area (TPSA) is 17.1 Å². The number of hydrogen-bond acceptors (Lipinski definition) is 2. The summed E-state index contributed by atoms with van der Waals surface area (Å²) in [7, 11) is 0. The maximum atomic E-state index is 13.4. The lowest BCUT2D eigenvalue weighted by molar-refractivity contribution is 0.101. The number of rotatable bonds is 4. The Morgan fingerprint density at radius 1 is 1.16 bits per heavy atom. The maximum Gasteiger partial charge on any atom is 0.176 e. The summed E-state index contributed by atoms with van der Waals surface area (Å²) in [5.41, 5.74) is -0.0825. The van der Waals surface area contributed by atoms with E-state index in [0.29, 0.717) is 0 Å². The van der Waals surface area contributed by atoms with Gasteiger partial charge in [0.05, 0.1) is 11.3 Å². The van der Waals surface area contributed by atoms with Gasteiger partial charge in [0.15, 0.2) is 5.78 Å². The quantitative estimate of drug-likeness (QED) is 0.591. The predicted octanol–water partition coefficient (Wildman–Crippen LogP) is 4.70. The molecule has 0 bridgehead atoms. The second-order valence-corrected chi connectivity index (χ2v) is 5.64. The Bertz CT molecular complexity index is 616. The van der Waals surface area contributed by atoms with Crippen molar-refractivity contribution in [3.63, 3.8) is 0 Å². The van der Waals surface area contributed by atoms with E-state index >= 15 is 0 Å². The molecule has 19 heavy (non-hydrogen) atoms. The molecule has 0 spiro atoms. The van der Waals surface area contributed by atoms with Gasteiger partial charge < -0.3 is 0 Å². The highest BCUT2D eigenvalue weighted by Crippen LogP contribution is 2.27. The average Bonchev–Trinajstić information content (AvgIpc) is 2.37. The van der Waals surface area contributed by atoms with Crippen LogP contribution in [0.2, 0.25) is 0 Å². The summed E-state index contributed by atoms with van der Waals surface area (Å²) >= 11 is 4.68. The zero-order valence-electron chi connectivity index (χ0n) is 9.70. The van der Waals surface area contributed by atoms with E-state index in [2.05, 4.69) is 15.9 Å². The largest absolute Gasteiger partial charge is 0.293 e. The van der Waals surface area contributed by atoms with Crippen LogP contribution in [0.4, 0.5) is 8.78 Å². The Labute approximate surface area is 122 Å². The van der Waals surface area contributed by atoms with E-state index in [1.807, 2.05) is 24.3 Å². The summed E-state index contributed by atoms with van der Waals surface area (Å²) in [4.78, 5) is 12.8. The Hall–Kier alpha value is -1.20. The van der Waals surface area contributed by atoms with Gasteiger partial charge in [-0.15, -0.1) is 11.8 Å². The van der Waals surface area contributed by atoms with Gasteiger partial charge in [-0.05, 0) is 40.2 Å². The van der Waals surface area contributed by atoms with E-state index in [1.165, 1.54) is 17.8 Å². The van der Waals surface area contributed by atoms with Crippen molar-refractivity contribution in [2.75, 3.05) is 5.75 Å². The van der Waals surface area contributed by atoms with Crippen LogP contribution in [0.3, 0.4) is 0 Å². The summed E-state index contributed by atoms with van der Waals surface area (Å²) in [5.74, 6) is -1.77. The van der Waals surface area contributed by atoms with Gasteiger partial charge >= 0.3 is 0 Å². The first-order valence-corrected chi connectivity index (χ1v) is 7.21. The van der Waals surface area contributed by atoms with Gasteiger partial charge in [-0.2, -0.15) is 0 Å². The van der Waals surface area contributed by atoms with Crippen LogP contribution in [0.25, 0.3) is 0 Å². The summed E-state index contributed by atoms with van der Waals surface area (Å²) in [6.45, 7) is 0. The molecule has 2 aromatic rings. The number of halogens is 3. The van der Waals surface area contributed by atoms with Gasteiger partial charge in [0.1, 0.15) is 11.6 Å². The Morgan fingerprint density at radius 3 is 2.58 bits per heavy atom. The van der Waals surface area contributed by atoms with E-state index in [0.717, 1.165) is 21.5 Å². The predicted molar refractivity (Wildman–Crippen MR) is 75.6 cm³/mol. The van der Waals surface area contributed by atoms with Crippen LogP contribution in [-0.2, 0) is 0 Å². The molecule has 0 saturated heterocycles. The van der Waals surface area contributed by atoms with Crippen molar-refractivity contribution in [2.45, 2.75) is 4.90 Å². The summed E-state index contributed by atoms with van der Waals surface area (Å²) in [5, 5.41) is 0. The number of hydrogen-bond donors (Lipinski definition) is 0. The Kier molecular flexibility index (Phi) is 4.71. The molecule has 0 saturated carbocycles. The number of thioether (sulfide) groups is 1. The van der Waals surface area contributed by atoms with Gasteiger partial charge in [-0.25, -0.2) is 8.78 Å². The van der Waals surface area contributed by atoms with Gasteiger partial charge in [0.25, 0.3) is 0 Å². The second-order valence-electron chi connectivity index (χ2n) is 3.77. The van der Waals surface area contributed by atoms with Crippen LogP contribution >= 0.6 is 27.7 Å². The summed E-state index contributed by atoms with van der Waals surface area (Å²) in [6, 6.07) is 10.4. The molecule has 0 aromatic heterocycles. The number of carbonyl (C=O) groups is 1. The first-order valence-electron chi connectivity index (χ1n) is 5.43. The van der Waals surface area contributed by atoms with Crippen molar-refractivity contribution in [1.82, 2.24) is 0 Å². The molecular weight excluding hydrogens is 334 g/mol. The number of carbonyl (C=O) groups excluding carboxylic acids is 1. The molecular formula is C14H9BrF2OS. The molecule has 0 radical (unpaired) electrons. The number of benzene rings is 2. The third-order valence-electron chi connectivity index (χ3n) is 2.43. The smallest absolute Gasteiger partial charge is 0.176 e. The summed E-state index contributed by atoms with van der Waals surface area (Å²) in [6.07, 6.45) is 0. The third kappa shape index (κ3) is 3.64. The zero-order chi connectivity index (χ0) is 13.8. The van der Waals surface area contributed by atoms with Crippen LogP contribution < -0.4 is 0 Å². The van der Waals surface area contributed by atoms with Crippen molar-refractivity contribution in [2.24, 2.45) is 0 Å². The molecule has 0 amide bonds. The normalized spacial score (nSPS) is 10.5. The van der Waals surface area contributed by atoms with Gasteiger partial charge in [0, 0.05) is 15.4 Å². The third-order valence-corrected chi connectivity index (χ3v) is 4.45. The molecule has 98 valence electrons. The van der Waals surface area contributed by atoms with E-state index in [-0.39, 0.29) is 17.1 Å². The van der Waals surface area contributed by atoms with Crippen LogP contribution in [0.1, 0.15) is 10.4 Å². The van der Waals surface area contributed by atoms with E-state index in [9.17, 15) is 13.6 Å². The molecule has 0 fully saturated rings. The van der Waals surface area contributed by atoms with E-state index < -0.39 is 11.6 Å². The van der Waals surface area contributed by atoms with Crippen molar-refractivity contribution in [1.29, 1.82) is 0 Å². The van der Waals surface area contributed by atoms with Gasteiger partial charge in [-0.3, -0.25) is 4.79 Å². The minimum absolute atomic E-state index is 0.0825. The summed E-state index contributed by atoms with van der Waals surface area (Å²) < 4.78 is 27.1. The van der Waals surface area contributed by atoms with Crippen LogP contribution in [0.5, 0.6) is 0 Å². The number of ketones is 1. The van der Waals surface area contributed by atoms with Crippen LogP contribution in [0.15, 0.2) is 51.8 Å². The molecule has 0 N–H and O–H groups in total. The van der Waals surface area contributed by atoms with Crippen molar-refractivity contribution < 1.29 is 13.6 Å². The molecule has 2 aromatic carbocycles. The van der Waals surface area contributed by atoms with Crippen molar-refractivity contribution >= 4 is 33.5 Å². The SMILES string of the molecule is O=C(CSc1ccccc1Br)c1ccc(F)cc1F. The lowest BCUT2D eigenvalue weighted by atomic mass is 10.1. The lowest BCUT2D eigenvalue weighted by Crippen LogP contribution is -2.05. The molecule has 0 aliphatic carbocycles. The molecule has 0 unspecified atom stereocenters. The number of Topliss-reactive ketones (excluding diaryl/α,β-unsaturated/α-hetero) is 1. The van der Waals surface area contributed by atoms with E-state index in [4.69, 9.17) is 0 Å². The molecule has 5 heteroatoms. The zero-order valence-corrected chi connectivity index (χ0v) is 12.1. The highest BCUT2D eigenvalue weighted by molar-refractivity contribution is 9.10. The standard InChI is InChI=1S/C14H9BrF2OS/c15-11-3-1-2-4-14(11)19-8-13(18)10-6-5-9(16)7-12(10)17/h1-7H,8H2. The minimum Gasteiger partial charge on any atom is -0.293 e. The molecule has 0 atom stereocenters.